The predicted molar refractivity (Wildman–Crippen MR) is 110 cm³/mol. The lowest BCUT2D eigenvalue weighted by molar-refractivity contribution is -0.0688. The summed E-state index contributed by atoms with van der Waals surface area (Å²) < 4.78 is 25.6. The smallest absolute Gasteiger partial charge is 0.251 e. The second-order valence-electron chi connectivity index (χ2n) is 9.76. The minimum atomic E-state index is -3.19. The van der Waals surface area contributed by atoms with E-state index in [1.165, 1.54) is 42.8 Å². The van der Waals surface area contributed by atoms with Crippen molar-refractivity contribution in [3.63, 3.8) is 0 Å². The average molecular weight is 403 g/mol. The molecule has 1 aliphatic heterocycles. The maximum absolute atomic E-state index is 12.9. The fraction of sp³-hybridized carbons (Fsp3) is 0.682. The molecule has 6 rings (SSSR count). The summed E-state index contributed by atoms with van der Waals surface area (Å²) in [6.45, 7) is 2.72. The van der Waals surface area contributed by atoms with E-state index in [1.54, 1.807) is 24.3 Å². The van der Waals surface area contributed by atoms with Gasteiger partial charge in [0.2, 0.25) is 10.0 Å². The molecule has 28 heavy (non-hydrogen) atoms. The van der Waals surface area contributed by atoms with Crippen LogP contribution in [-0.2, 0) is 10.0 Å². The van der Waals surface area contributed by atoms with Gasteiger partial charge in [0.05, 0.1) is 11.4 Å². The molecule has 0 unspecified atom stereocenters. The van der Waals surface area contributed by atoms with E-state index in [2.05, 4.69) is 12.2 Å². The Balaban J connectivity index is 1.28. The number of hydrogen-bond acceptors (Lipinski definition) is 3. The molecule has 152 valence electrons. The van der Waals surface area contributed by atoms with Crippen LogP contribution < -0.4 is 9.62 Å². The van der Waals surface area contributed by atoms with Gasteiger partial charge >= 0.3 is 0 Å². The molecule has 0 aromatic heterocycles. The van der Waals surface area contributed by atoms with Crippen LogP contribution in [0.25, 0.3) is 0 Å². The van der Waals surface area contributed by atoms with E-state index in [4.69, 9.17) is 0 Å². The Morgan fingerprint density at radius 1 is 1.07 bits per heavy atom. The van der Waals surface area contributed by atoms with Gasteiger partial charge in [-0.3, -0.25) is 9.10 Å². The number of rotatable bonds is 4. The normalized spacial score (nSPS) is 36.5. The molecule has 1 atom stereocenters. The number of nitrogens with zero attached hydrogens (tertiary/aromatic N) is 1. The van der Waals surface area contributed by atoms with Crippen LogP contribution in [0.4, 0.5) is 5.69 Å². The molecule has 0 spiro atoms. The lowest BCUT2D eigenvalue weighted by Gasteiger charge is -2.59. The highest BCUT2D eigenvalue weighted by Gasteiger charge is 2.53. The van der Waals surface area contributed by atoms with Crippen LogP contribution in [0.5, 0.6) is 0 Å². The lowest BCUT2D eigenvalue weighted by Crippen LogP contribution is -2.55. The second-order valence-corrected chi connectivity index (χ2v) is 11.8. The molecule has 1 aromatic rings. The minimum absolute atomic E-state index is 0.0425. The molecule has 4 saturated carbocycles. The summed E-state index contributed by atoms with van der Waals surface area (Å²) in [6.07, 6.45) is 8.68. The molecule has 6 heteroatoms. The molecule has 5 aliphatic rings. The Kier molecular flexibility index (Phi) is 4.27. The van der Waals surface area contributed by atoms with Crippen LogP contribution in [0.3, 0.4) is 0 Å². The zero-order valence-electron chi connectivity index (χ0n) is 16.6. The van der Waals surface area contributed by atoms with Crippen molar-refractivity contribution in [3.05, 3.63) is 29.8 Å². The molecule has 1 heterocycles. The number of hydrogen-bond donors (Lipinski definition) is 1. The maximum atomic E-state index is 12.9. The predicted octanol–water partition coefficient (Wildman–Crippen LogP) is 3.56. The Morgan fingerprint density at radius 2 is 1.64 bits per heavy atom. The molecule has 4 aliphatic carbocycles. The number of carbonyl (C=O) groups is 1. The largest absolute Gasteiger partial charge is 0.349 e. The number of benzene rings is 1. The van der Waals surface area contributed by atoms with Gasteiger partial charge in [0.25, 0.3) is 5.91 Å². The van der Waals surface area contributed by atoms with Crippen molar-refractivity contribution < 1.29 is 13.2 Å². The lowest BCUT2D eigenvalue weighted by atomic mass is 9.48. The van der Waals surface area contributed by atoms with E-state index < -0.39 is 10.0 Å². The molecule has 4 bridgehead atoms. The molecular formula is C22H30N2O3S. The third kappa shape index (κ3) is 3.04. The van der Waals surface area contributed by atoms with Gasteiger partial charge in [-0.25, -0.2) is 8.42 Å². The minimum Gasteiger partial charge on any atom is -0.349 e. The quantitative estimate of drug-likeness (QED) is 0.837. The van der Waals surface area contributed by atoms with Gasteiger partial charge in [-0.2, -0.15) is 0 Å². The first-order valence-electron chi connectivity index (χ1n) is 10.8. The summed E-state index contributed by atoms with van der Waals surface area (Å²) in [4.78, 5) is 12.9. The number of amides is 1. The molecule has 1 amide bonds. The topological polar surface area (TPSA) is 66.5 Å². The summed E-state index contributed by atoms with van der Waals surface area (Å²) in [5.74, 6) is 2.77. The van der Waals surface area contributed by atoms with Crippen LogP contribution in [-0.4, -0.2) is 32.7 Å². The van der Waals surface area contributed by atoms with Gasteiger partial charge in [-0.05, 0) is 99.3 Å². The highest BCUT2D eigenvalue weighted by molar-refractivity contribution is 7.93. The zero-order chi connectivity index (χ0) is 19.5. The molecular weight excluding hydrogens is 372 g/mol. The van der Waals surface area contributed by atoms with Crippen molar-refractivity contribution in [2.75, 3.05) is 16.6 Å². The van der Waals surface area contributed by atoms with Gasteiger partial charge in [0, 0.05) is 18.2 Å². The fourth-order valence-electron chi connectivity index (χ4n) is 6.85. The van der Waals surface area contributed by atoms with Gasteiger partial charge in [0.1, 0.15) is 0 Å². The fourth-order valence-corrected chi connectivity index (χ4v) is 8.41. The van der Waals surface area contributed by atoms with E-state index >= 15 is 0 Å². The summed E-state index contributed by atoms with van der Waals surface area (Å²) in [6, 6.07) is 7.21. The standard InChI is InChI=1S/C22H30N2O3S/c1-15(22-12-16-9-17(13-22)11-18(10-16)14-22)23-21(25)19-3-5-20(6-4-19)24-7-2-8-28(24,26)27/h3-6,15-18H,2,7-14H2,1H3,(H,23,25)/t15-,16?,17?,18?,22?/m0/s1. The monoisotopic (exact) mass is 402 g/mol. The SMILES string of the molecule is C[C@H](NC(=O)c1ccc(N2CCCS2(=O)=O)cc1)C12CC3CC(CC(C3)C1)C2. The van der Waals surface area contributed by atoms with Gasteiger partial charge in [-0.1, -0.05) is 0 Å². The Bertz CT molecular complexity index is 842. The molecule has 5 fully saturated rings. The summed E-state index contributed by atoms with van der Waals surface area (Å²) in [7, 11) is -3.19. The van der Waals surface area contributed by atoms with Crippen LogP contribution in [0.2, 0.25) is 0 Å². The van der Waals surface area contributed by atoms with E-state index in [9.17, 15) is 13.2 Å². The number of nitrogens with one attached hydrogen (secondary N) is 1. The maximum Gasteiger partial charge on any atom is 0.251 e. The Hall–Kier alpha value is -1.56. The number of carbonyl (C=O) groups excluding carboxylic acids is 1. The third-order valence-corrected chi connectivity index (χ3v) is 9.74. The van der Waals surface area contributed by atoms with E-state index in [0.29, 0.717) is 24.2 Å². The summed E-state index contributed by atoms with van der Waals surface area (Å²) in [5.41, 5.74) is 1.55. The van der Waals surface area contributed by atoms with Crippen molar-refractivity contribution in [2.45, 2.75) is 57.9 Å². The van der Waals surface area contributed by atoms with E-state index in [-0.39, 0.29) is 23.1 Å². The third-order valence-electron chi connectivity index (χ3n) is 7.87. The van der Waals surface area contributed by atoms with E-state index in [0.717, 1.165) is 17.8 Å². The molecule has 1 saturated heterocycles. The number of anilines is 1. The van der Waals surface area contributed by atoms with E-state index in [1.807, 2.05) is 0 Å². The Morgan fingerprint density at radius 3 is 2.14 bits per heavy atom. The van der Waals surface area contributed by atoms with Crippen LogP contribution in [0, 0.1) is 23.2 Å². The molecule has 1 N–H and O–H groups in total. The van der Waals surface area contributed by atoms with Crippen LogP contribution in [0.1, 0.15) is 62.2 Å². The highest BCUT2D eigenvalue weighted by atomic mass is 32.2. The van der Waals surface area contributed by atoms with Gasteiger partial charge < -0.3 is 5.32 Å². The average Bonchev–Trinajstić information content (AvgIpc) is 3.00. The van der Waals surface area contributed by atoms with Gasteiger partial charge in [0.15, 0.2) is 0 Å². The van der Waals surface area contributed by atoms with Gasteiger partial charge in [-0.15, -0.1) is 0 Å². The summed E-state index contributed by atoms with van der Waals surface area (Å²) in [5, 5.41) is 3.29. The first-order chi connectivity index (χ1) is 13.3. The van der Waals surface area contributed by atoms with Crippen LogP contribution >= 0.6 is 0 Å². The first-order valence-corrected chi connectivity index (χ1v) is 12.4. The first kappa shape index (κ1) is 18.5. The van der Waals surface area contributed by atoms with Crippen molar-refractivity contribution in [1.82, 2.24) is 5.32 Å². The summed E-state index contributed by atoms with van der Waals surface area (Å²) >= 11 is 0. The van der Waals surface area contributed by atoms with Crippen LogP contribution in [0.15, 0.2) is 24.3 Å². The highest BCUT2D eigenvalue weighted by Crippen LogP contribution is 2.61. The number of sulfonamides is 1. The molecule has 5 nitrogen and oxygen atoms in total. The van der Waals surface area contributed by atoms with Crippen molar-refractivity contribution in [2.24, 2.45) is 23.2 Å². The zero-order valence-corrected chi connectivity index (χ0v) is 17.4. The van der Waals surface area contributed by atoms with Crippen molar-refractivity contribution >= 4 is 21.6 Å². The molecule has 1 aromatic carbocycles. The van der Waals surface area contributed by atoms with Crippen molar-refractivity contribution in [1.29, 1.82) is 0 Å². The second kappa shape index (κ2) is 6.48. The Labute approximate surface area is 167 Å². The molecule has 0 radical (unpaired) electrons. The van der Waals surface area contributed by atoms with Crippen molar-refractivity contribution in [3.8, 4) is 0 Å².